The monoisotopic (exact) mass is 253 g/mol. The first kappa shape index (κ1) is 14.1. The van der Waals surface area contributed by atoms with Gasteiger partial charge in [-0.1, -0.05) is 20.8 Å². The molecular weight excluding hydrogens is 234 g/mol. The Morgan fingerprint density at radius 1 is 1.39 bits per heavy atom. The predicted molar refractivity (Wildman–Crippen MR) is 69.0 cm³/mol. The Kier molecular flexibility index (Phi) is 4.00. The van der Waals surface area contributed by atoms with Crippen molar-refractivity contribution in [3.8, 4) is 0 Å². The normalized spacial score (nSPS) is 11.1. The maximum atomic E-state index is 11.6. The smallest absolute Gasteiger partial charge is 0.354 e. The number of aryl methyl sites for hydroxylation is 1. The van der Waals surface area contributed by atoms with Crippen molar-refractivity contribution in [3.05, 3.63) is 17.5 Å². The lowest BCUT2D eigenvalue weighted by Crippen LogP contribution is -2.35. The van der Waals surface area contributed by atoms with Gasteiger partial charge in [0, 0.05) is 12.2 Å². The Morgan fingerprint density at radius 3 is 2.50 bits per heavy atom. The number of anilines is 1. The van der Waals surface area contributed by atoms with Gasteiger partial charge in [0.25, 0.3) is 0 Å². The van der Waals surface area contributed by atoms with Crippen molar-refractivity contribution in [1.29, 1.82) is 0 Å². The summed E-state index contributed by atoms with van der Waals surface area (Å²) in [5.41, 5.74) is 0.907. The van der Waals surface area contributed by atoms with Gasteiger partial charge in [-0.3, -0.25) is 0 Å². The molecule has 1 aromatic heterocycles. The molecule has 0 spiro atoms. The molecule has 0 atom stereocenters. The third kappa shape index (κ3) is 4.12. The van der Waals surface area contributed by atoms with Crippen LogP contribution in [0.25, 0.3) is 0 Å². The van der Waals surface area contributed by atoms with E-state index in [9.17, 15) is 9.59 Å². The van der Waals surface area contributed by atoms with Gasteiger partial charge in [-0.15, -0.1) is 0 Å². The number of carbonyl (C=O) groups excluding carboxylic acids is 1. The second kappa shape index (κ2) is 5.12. The number of carboxylic acids is 1. The van der Waals surface area contributed by atoms with Crippen molar-refractivity contribution in [2.45, 2.75) is 27.7 Å². The van der Waals surface area contributed by atoms with E-state index in [0.29, 0.717) is 12.2 Å². The van der Waals surface area contributed by atoms with Gasteiger partial charge >= 0.3 is 12.0 Å². The third-order valence-corrected chi connectivity index (χ3v) is 2.19. The Morgan fingerprint density at radius 2 is 2.00 bits per heavy atom. The Hall–Kier alpha value is -1.98. The molecule has 18 heavy (non-hydrogen) atoms. The summed E-state index contributed by atoms with van der Waals surface area (Å²) in [7, 11) is 0. The summed E-state index contributed by atoms with van der Waals surface area (Å²) in [6.45, 7) is 8.22. The van der Waals surface area contributed by atoms with Crippen LogP contribution in [0.3, 0.4) is 0 Å². The van der Waals surface area contributed by atoms with E-state index in [4.69, 9.17) is 5.11 Å². The minimum absolute atomic E-state index is 0.0154. The molecule has 1 aromatic rings. The van der Waals surface area contributed by atoms with Crippen LogP contribution < -0.4 is 10.6 Å². The summed E-state index contributed by atoms with van der Waals surface area (Å²) in [4.78, 5) is 25.2. The first-order valence-corrected chi connectivity index (χ1v) is 5.67. The van der Waals surface area contributed by atoms with E-state index in [1.54, 1.807) is 13.0 Å². The summed E-state index contributed by atoms with van der Waals surface area (Å²) < 4.78 is 0. The molecule has 0 fully saturated rings. The third-order valence-electron chi connectivity index (χ3n) is 2.19. The first-order chi connectivity index (χ1) is 8.19. The minimum Gasteiger partial charge on any atom is -0.477 e. The summed E-state index contributed by atoms with van der Waals surface area (Å²) >= 11 is 0. The molecule has 0 saturated heterocycles. The number of aromatic amines is 1. The maximum Gasteiger partial charge on any atom is 0.354 e. The number of nitrogens with one attached hydrogen (secondary N) is 3. The average Bonchev–Trinajstić information content (AvgIpc) is 2.55. The van der Waals surface area contributed by atoms with Gasteiger partial charge in [0.05, 0.1) is 5.69 Å². The average molecular weight is 253 g/mol. The van der Waals surface area contributed by atoms with Crippen LogP contribution in [-0.2, 0) is 0 Å². The fourth-order valence-corrected chi connectivity index (χ4v) is 1.37. The molecule has 0 aliphatic carbocycles. The molecule has 1 rings (SSSR count). The molecule has 0 bridgehead atoms. The highest BCUT2D eigenvalue weighted by molar-refractivity contribution is 5.99. The quantitative estimate of drug-likeness (QED) is 0.665. The van der Waals surface area contributed by atoms with Crippen molar-refractivity contribution in [2.75, 3.05) is 11.9 Å². The fraction of sp³-hybridized carbons (Fsp3) is 0.500. The van der Waals surface area contributed by atoms with Gasteiger partial charge in [0.15, 0.2) is 0 Å². The number of aromatic carboxylic acids is 1. The molecule has 2 amide bonds. The second-order valence-electron chi connectivity index (χ2n) is 5.41. The van der Waals surface area contributed by atoms with E-state index in [0.717, 1.165) is 0 Å². The summed E-state index contributed by atoms with van der Waals surface area (Å²) in [5, 5.41) is 14.2. The highest BCUT2D eigenvalue weighted by Crippen LogP contribution is 2.17. The fourth-order valence-electron chi connectivity index (χ4n) is 1.37. The van der Waals surface area contributed by atoms with E-state index < -0.39 is 12.0 Å². The van der Waals surface area contributed by atoms with Crippen LogP contribution in [0.1, 0.15) is 37.0 Å². The van der Waals surface area contributed by atoms with Crippen LogP contribution in [0.15, 0.2) is 6.07 Å². The zero-order chi connectivity index (χ0) is 13.9. The topological polar surface area (TPSA) is 94.2 Å². The maximum absolute atomic E-state index is 11.6. The van der Waals surface area contributed by atoms with E-state index in [-0.39, 0.29) is 16.8 Å². The van der Waals surface area contributed by atoms with Crippen LogP contribution in [0.5, 0.6) is 0 Å². The number of aromatic nitrogens is 1. The second-order valence-corrected chi connectivity index (χ2v) is 5.41. The highest BCUT2D eigenvalue weighted by atomic mass is 16.4. The molecule has 100 valence electrons. The minimum atomic E-state index is -1.10. The molecule has 4 N–H and O–H groups in total. The van der Waals surface area contributed by atoms with Crippen LogP contribution >= 0.6 is 0 Å². The van der Waals surface area contributed by atoms with Crippen molar-refractivity contribution in [3.63, 3.8) is 0 Å². The molecule has 0 unspecified atom stereocenters. The molecule has 0 saturated carbocycles. The van der Waals surface area contributed by atoms with Gasteiger partial charge in [0.1, 0.15) is 5.69 Å². The number of urea groups is 1. The zero-order valence-electron chi connectivity index (χ0n) is 11.0. The standard InChI is InChI=1S/C12H19N3O3/c1-7-5-8(9(14-7)10(16)17)15-11(18)13-6-12(2,3)4/h5,14H,6H2,1-4H3,(H,16,17)(H2,13,15,18). The number of amides is 2. The number of carboxylic acid groups (broad SMARTS) is 1. The van der Waals surface area contributed by atoms with Crippen molar-refractivity contribution >= 4 is 17.7 Å². The molecule has 1 heterocycles. The number of rotatable bonds is 3. The lowest BCUT2D eigenvalue weighted by molar-refractivity contribution is 0.0692. The Balaban J connectivity index is 2.67. The molecule has 0 radical (unpaired) electrons. The molecule has 0 aromatic carbocycles. The molecule has 0 aliphatic heterocycles. The summed E-state index contributed by atoms with van der Waals surface area (Å²) in [6, 6.07) is 1.17. The lowest BCUT2D eigenvalue weighted by atomic mass is 9.97. The van der Waals surface area contributed by atoms with E-state index >= 15 is 0 Å². The van der Waals surface area contributed by atoms with E-state index in [2.05, 4.69) is 15.6 Å². The van der Waals surface area contributed by atoms with Gasteiger partial charge in [-0.05, 0) is 18.4 Å². The zero-order valence-corrected chi connectivity index (χ0v) is 11.0. The Labute approximate surface area is 106 Å². The number of H-pyrrole nitrogens is 1. The van der Waals surface area contributed by atoms with Crippen LogP contribution in [0.2, 0.25) is 0 Å². The predicted octanol–water partition coefficient (Wildman–Crippen LogP) is 2.19. The first-order valence-electron chi connectivity index (χ1n) is 5.67. The molecule has 0 aliphatic rings. The van der Waals surface area contributed by atoms with Crippen molar-refractivity contribution in [2.24, 2.45) is 5.41 Å². The SMILES string of the molecule is Cc1cc(NC(=O)NCC(C)(C)C)c(C(=O)O)[nH]1. The van der Waals surface area contributed by atoms with Gasteiger partial charge in [-0.2, -0.15) is 0 Å². The van der Waals surface area contributed by atoms with Crippen LogP contribution in [0, 0.1) is 12.3 Å². The largest absolute Gasteiger partial charge is 0.477 e. The van der Waals surface area contributed by atoms with Gasteiger partial charge in [0.2, 0.25) is 0 Å². The lowest BCUT2D eigenvalue weighted by Gasteiger charge is -2.18. The van der Waals surface area contributed by atoms with E-state index in [1.165, 1.54) is 0 Å². The molecule has 6 nitrogen and oxygen atoms in total. The highest BCUT2D eigenvalue weighted by Gasteiger charge is 2.16. The van der Waals surface area contributed by atoms with Crippen LogP contribution in [-0.4, -0.2) is 28.6 Å². The van der Waals surface area contributed by atoms with Crippen LogP contribution in [0.4, 0.5) is 10.5 Å². The van der Waals surface area contributed by atoms with Crippen molar-refractivity contribution < 1.29 is 14.7 Å². The summed E-state index contributed by atoms with van der Waals surface area (Å²) in [6.07, 6.45) is 0. The van der Waals surface area contributed by atoms with Gasteiger partial charge < -0.3 is 20.7 Å². The molecular formula is C12H19N3O3. The van der Waals surface area contributed by atoms with Crippen molar-refractivity contribution in [1.82, 2.24) is 10.3 Å². The number of hydrogen-bond acceptors (Lipinski definition) is 2. The van der Waals surface area contributed by atoms with E-state index in [1.807, 2.05) is 20.8 Å². The summed E-state index contributed by atoms with van der Waals surface area (Å²) in [5.74, 6) is -1.10. The number of hydrogen-bond donors (Lipinski definition) is 4. The Bertz CT molecular complexity index is 458. The van der Waals surface area contributed by atoms with Gasteiger partial charge in [-0.25, -0.2) is 9.59 Å². The molecule has 6 heteroatoms. The number of carbonyl (C=O) groups is 2.